The van der Waals surface area contributed by atoms with Crippen LogP contribution in [0, 0.1) is 0 Å². The van der Waals surface area contributed by atoms with Gasteiger partial charge in [-0.05, 0) is 144 Å². The number of hydrogen-bond acceptors (Lipinski definition) is 18. The van der Waals surface area contributed by atoms with E-state index in [-0.39, 0.29) is 41.3 Å². The van der Waals surface area contributed by atoms with E-state index in [1.54, 1.807) is 12.1 Å². The number of H-pyrrole nitrogens is 1. The molecule has 28 nitrogen and oxygen atoms in total. The van der Waals surface area contributed by atoms with Crippen molar-refractivity contribution in [3.63, 3.8) is 0 Å². The van der Waals surface area contributed by atoms with Crippen LogP contribution in [0.4, 0.5) is 0 Å². The van der Waals surface area contributed by atoms with Crippen LogP contribution < -0.4 is 0 Å². The van der Waals surface area contributed by atoms with Crippen molar-refractivity contribution >= 4 is 127 Å². The van der Waals surface area contributed by atoms with E-state index in [2.05, 4.69) is 15.0 Å². The smallest absolute Gasteiger partial charge is 0.294 e. The fourth-order valence-corrected chi connectivity index (χ4v) is 13.1. The van der Waals surface area contributed by atoms with Gasteiger partial charge in [-0.3, -0.25) is 36.4 Å². The summed E-state index contributed by atoms with van der Waals surface area (Å²) in [5.41, 5.74) is -8.42. The molecule has 0 saturated carbocycles. The van der Waals surface area contributed by atoms with E-state index in [0.29, 0.717) is 64.1 Å². The molecule has 2 aliphatic rings. The molecule has 0 amide bonds. The number of aromatic nitrogens is 4. The Balaban J connectivity index is 1.80. The topological polar surface area (TPSA) is 481 Å². The molecule has 9 rings (SSSR count). The van der Waals surface area contributed by atoms with Crippen LogP contribution in [-0.4, -0.2) is 123 Å². The Morgan fingerprint density at radius 2 is 0.625 bits per heavy atom. The number of fused-ring (bicyclic) bond motifs is 8. The Morgan fingerprint density at radius 1 is 0.325 bits per heavy atom. The first-order valence-corrected chi connectivity index (χ1v) is 32.7. The summed E-state index contributed by atoms with van der Waals surface area (Å²) < 4.78 is 295. The van der Waals surface area contributed by atoms with Crippen LogP contribution in [-0.2, 0) is 80.9 Å². The fraction of sp³-hybridized carbons (Fsp3) is 0. The van der Waals surface area contributed by atoms with Crippen molar-refractivity contribution in [1.29, 1.82) is 0 Å². The molecule has 0 fully saturated rings. The van der Waals surface area contributed by atoms with E-state index in [1.807, 2.05) is 0 Å². The van der Waals surface area contributed by atoms with Gasteiger partial charge >= 0.3 is 0 Å². The van der Waals surface area contributed by atoms with Gasteiger partial charge in [0, 0.05) is 33.4 Å². The average Bonchev–Trinajstić information content (AvgIpc) is 4.13. The molecular weight excluding hydrogens is 1230 g/mol. The molecule has 4 aromatic carbocycles. The molecule has 418 valence electrons. The lowest BCUT2D eigenvalue weighted by molar-refractivity contribution is 0.476. The minimum absolute atomic E-state index is 0.0815. The van der Waals surface area contributed by atoms with Gasteiger partial charge in [0.2, 0.25) is 0 Å². The van der Waals surface area contributed by atoms with Gasteiger partial charge in [0.15, 0.2) is 0 Å². The van der Waals surface area contributed by atoms with Crippen LogP contribution in [0.3, 0.4) is 0 Å². The second-order valence-corrected chi connectivity index (χ2v) is 28.5. The Kier molecular flexibility index (Phi) is 13.8. The van der Waals surface area contributed by atoms with Gasteiger partial charge in [0.1, 0.15) is 0 Å². The van der Waals surface area contributed by atoms with E-state index in [9.17, 15) is 104 Å². The second-order valence-electron chi connectivity index (χ2n) is 17.1. The van der Waals surface area contributed by atoms with E-state index in [1.165, 1.54) is 30.4 Å². The van der Waals surface area contributed by atoms with Crippen molar-refractivity contribution in [3.05, 3.63) is 126 Å². The molecule has 0 aliphatic carbocycles. The van der Waals surface area contributed by atoms with Crippen LogP contribution in [0.1, 0.15) is 22.8 Å². The van der Waals surface area contributed by atoms with Crippen LogP contribution in [0.2, 0.25) is 0 Å². The van der Waals surface area contributed by atoms with E-state index in [4.69, 9.17) is 0 Å². The van der Waals surface area contributed by atoms with Crippen molar-refractivity contribution in [2.24, 2.45) is 0 Å². The zero-order chi connectivity index (χ0) is 58.8. The van der Waals surface area contributed by atoms with Gasteiger partial charge in [-0.1, -0.05) is 0 Å². The first kappa shape index (κ1) is 57.4. The summed E-state index contributed by atoms with van der Waals surface area (Å²) in [5.74, 6) is 0. The predicted molar refractivity (Wildman–Crippen MR) is 279 cm³/mol. The van der Waals surface area contributed by atoms with E-state index < -0.39 is 176 Å². The molecule has 5 heterocycles. The molecule has 0 saturated heterocycles. The van der Waals surface area contributed by atoms with Gasteiger partial charge in [0.25, 0.3) is 80.9 Å². The van der Waals surface area contributed by atoms with Crippen LogP contribution in [0.15, 0.2) is 142 Å². The van der Waals surface area contributed by atoms with Gasteiger partial charge in [-0.25, -0.2) is 9.97 Å². The van der Waals surface area contributed by atoms with Crippen molar-refractivity contribution in [1.82, 2.24) is 19.5 Å². The number of aromatic amines is 1. The van der Waals surface area contributed by atoms with Crippen LogP contribution in [0.5, 0.6) is 0 Å². The molecule has 7 aromatic rings. The standard InChI is InChI=1S/C44H30N4O24S8/c49-73(50,51)31-7-22(8-32(18-31)74(52,53)54)41-39-6-5-28(47-39)14-27-2-1-25(45-27)13-26-3-4-29(46-26)15-40-42(23-9-33(75(55,56)57)19-34(10-23)76(58,59)60)43(24-11-35(77(61,62)63)20-36(12-24)78(64,65)66)44(41)48(40)30-16-37(79(67,68)69)21-38(17-30)80(70,71)72/h1-21,45H,(H,49,50,51)(H,52,53,54)(H,55,56,57)(H,58,59,60)(H,61,62,63)(H,64,65,66)(H,67,68,69)(H,70,71,72). The third-order valence-electron chi connectivity index (χ3n) is 11.7. The summed E-state index contributed by atoms with van der Waals surface area (Å²) in [4.78, 5) is 1.02. The number of nitrogens with zero attached hydrogens (tertiary/aromatic N) is 3. The van der Waals surface area contributed by atoms with Crippen molar-refractivity contribution in [2.45, 2.75) is 39.2 Å². The highest BCUT2D eigenvalue weighted by molar-refractivity contribution is 7.88. The summed E-state index contributed by atoms with van der Waals surface area (Å²) >= 11 is 0. The Labute approximate surface area is 451 Å². The predicted octanol–water partition coefficient (Wildman–Crippen LogP) is 5.09. The molecule has 0 spiro atoms. The largest absolute Gasteiger partial charge is 0.355 e. The molecule has 8 bridgehead atoms. The quantitative estimate of drug-likeness (QED) is 0.0719. The third-order valence-corrected chi connectivity index (χ3v) is 18.3. The molecule has 0 atom stereocenters. The second kappa shape index (κ2) is 19.2. The van der Waals surface area contributed by atoms with Gasteiger partial charge in [-0.2, -0.15) is 67.3 Å². The van der Waals surface area contributed by atoms with Crippen molar-refractivity contribution in [2.75, 3.05) is 0 Å². The fourth-order valence-electron chi connectivity index (χ4n) is 8.45. The maximum Gasteiger partial charge on any atom is 0.294 e. The molecule has 0 radical (unpaired) electrons. The minimum atomic E-state index is -5.72. The zero-order valence-corrected chi connectivity index (χ0v) is 45.4. The Hall–Kier alpha value is -7.24. The molecule has 36 heteroatoms. The lowest BCUT2D eigenvalue weighted by Gasteiger charge is -2.16. The first-order chi connectivity index (χ1) is 36.6. The lowest BCUT2D eigenvalue weighted by atomic mass is 9.93. The van der Waals surface area contributed by atoms with Crippen molar-refractivity contribution in [3.8, 4) is 39.1 Å². The highest BCUT2D eigenvalue weighted by Crippen LogP contribution is 2.49. The first-order valence-electron chi connectivity index (χ1n) is 21.2. The normalized spacial score (nSPS) is 13.7. The molecule has 80 heavy (non-hydrogen) atoms. The number of nitrogens with one attached hydrogen (secondary N) is 1. The monoisotopic (exact) mass is 1250 g/mol. The molecule has 9 N–H and O–H groups in total. The Bertz CT molecular complexity index is 4970. The maximum absolute atomic E-state index is 13.2. The third kappa shape index (κ3) is 11.7. The molecular formula is C44H30N4O24S8. The summed E-state index contributed by atoms with van der Waals surface area (Å²) in [6.07, 6.45) is 4.93. The number of rotatable bonds is 12. The minimum Gasteiger partial charge on any atom is -0.355 e. The SMILES string of the molecule is O=S(=O)(O)c1cc(-c2c(-c3cc(S(=O)(=O)O)cc(S(=O)(=O)O)c3)c3c(-c4cc(S(=O)(=O)O)cc(S(=O)(=O)O)c4)c4nc(cc5ccc(cc6nc(cc2n3-c2cc(S(=O)(=O)O)cc(S(=O)(=O)O)c2)C=C6)[nH]5)C=C4)cc(S(=O)(=O)O)c1. The van der Waals surface area contributed by atoms with Crippen LogP contribution in [0.25, 0.3) is 85.4 Å². The highest BCUT2D eigenvalue weighted by Gasteiger charge is 2.33. The van der Waals surface area contributed by atoms with Crippen molar-refractivity contribution < 1.29 is 104 Å². The van der Waals surface area contributed by atoms with E-state index >= 15 is 0 Å². The average molecular weight is 1260 g/mol. The molecule has 3 aromatic heterocycles. The highest BCUT2D eigenvalue weighted by atomic mass is 32.2. The van der Waals surface area contributed by atoms with E-state index in [0.717, 1.165) is 12.1 Å². The summed E-state index contributed by atoms with van der Waals surface area (Å²) in [6.45, 7) is 0. The molecule has 0 unspecified atom stereocenters. The summed E-state index contributed by atoms with van der Waals surface area (Å²) in [5, 5.41) is 0. The summed E-state index contributed by atoms with van der Waals surface area (Å²) in [6, 6.07) is 11.5. The zero-order valence-electron chi connectivity index (χ0n) is 38.8. The maximum atomic E-state index is 13.2. The number of hydrogen-bond donors (Lipinski definition) is 9. The number of benzene rings is 4. The van der Waals surface area contributed by atoms with Gasteiger partial charge in [0.05, 0.1) is 73.0 Å². The Morgan fingerprint density at radius 3 is 0.988 bits per heavy atom. The molecule has 2 aliphatic heterocycles. The summed E-state index contributed by atoms with van der Waals surface area (Å²) in [7, 11) is -45.5. The van der Waals surface area contributed by atoms with Gasteiger partial charge in [-0.15, -0.1) is 0 Å². The lowest BCUT2D eigenvalue weighted by Crippen LogP contribution is -2.07. The van der Waals surface area contributed by atoms with Gasteiger partial charge < -0.3 is 9.55 Å². The van der Waals surface area contributed by atoms with Crippen LogP contribution >= 0.6 is 0 Å².